The molecule has 2 N–H and O–H groups in total. The van der Waals surface area contributed by atoms with Crippen LogP contribution in [0.25, 0.3) is 0 Å². The van der Waals surface area contributed by atoms with Gasteiger partial charge in [-0.05, 0) is 55.6 Å². The van der Waals surface area contributed by atoms with Crippen LogP contribution in [0.4, 0.5) is 0 Å². The van der Waals surface area contributed by atoms with Crippen LogP contribution in [0.1, 0.15) is 32.6 Å². The molecule has 2 rings (SSSR count). The highest BCUT2D eigenvalue weighted by atomic mass is 16.5. The molecule has 1 amide bonds. The lowest BCUT2D eigenvalue weighted by molar-refractivity contribution is -0.119. The van der Waals surface area contributed by atoms with E-state index in [0.29, 0.717) is 24.2 Å². The van der Waals surface area contributed by atoms with E-state index in [1.807, 2.05) is 6.08 Å². The summed E-state index contributed by atoms with van der Waals surface area (Å²) in [7, 11) is 1.70. The Labute approximate surface area is 103 Å². The summed E-state index contributed by atoms with van der Waals surface area (Å²) in [4.78, 5) is 11.1. The van der Waals surface area contributed by atoms with E-state index in [1.165, 1.54) is 18.4 Å². The first-order valence-corrected chi connectivity index (χ1v) is 6.32. The highest BCUT2D eigenvalue weighted by Crippen LogP contribution is 2.45. The third-order valence-corrected chi connectivity index (χ3v) is 3.89. The van der Waals surface area contributed by atoms with E-state index in [0.717, 1.165) is 12.2 Å². The molecule has 0 heterocycles. The number of primary amides is 1. The maximum atomic E-state index is 11.1. The molecule has 1 fully saturated rings. The Balaban J connectivity index is 2.05. The molecule has 2 unspecified atom stereocenters. The Hall–Kier alpha value is -1.25. The number of allylic oxidation sites excluding steroid dienone is 3. The van der Waals surface area contributed by atoms with Crippen molar-refractivity contribution in [1.29, 1.82) is 0 Å². The molecule has 2 aliphatic carbocycles. The number of amides is 1. The second-order valence-corrected chi connectivity index (χ2v) is 5.25. The van der Waals surface area contributed by atoms with Crippen molar-refractivity contribution in [2.75, 3.05) is 7.11 Å². The fourth-order valence-corrected chi connectivity index (χ4v) is 2.84. The van der Waals surface area contributed by atoms with E-state index < -0.39 is 0 Å². The zero-order chi connectivity index (χ0) is 12.4. The molecule has 0 bridgehead atoms. The molecule has 94 valence electrons. The summed E-state index contributed by atoms with van der Waals surface area (Å²) < 4.78 is 5.29. The fourth-order valence-electron chi connectivity index (χ4n) is 2.84. The Morgan fingerprint density at radius 3 is 2.76 bits per heavy atom. The molecule has 0 spiro atoms. The largest absolute Gasteiger partial charge is 0.497 e. The van der Waals surface area contributed by atoms with Crippen molar-refractivity contribution in [2.45, 2.75) is 32.6 Å². The molecule has 3 heteroatoms. The number of carbonyl (C=O) groups is 1. The van der Waals surface area contributed by atoms with Crippen LogP contribution in [-0.4, -0.2) is 13.0 Å². The Kier molecular flexibility index (Phi) is 3.55. The van der Waals surface area contributed by atoms with Gasteiger partial charge in [-0.15, -0.1) is 0 Å². The average molecular weight is 235 g/mol. The van der Waals surface area contributed by atoms with Gasteiger partial charge in [-0.25, -0.2) is 0 Å². The fraction of sp³-hybridized carbons (Fsp3) is 0.643. The first-order chi connectivity index (χ1) is 8.11. The number of carbonyl (C=O) groups excluding carboxylic acids is 1. The van der Waals surface area contributed by atoms with Crippen LogP contribution in [-0.2, 0) is 9.53 Å². The number of hydrogen-bond donors (Lipinski definition) is 1. The van der Waals surface area contributed by atoms with Gasteiger partial charge in [-0.3, -0.25) is 4.79 Å². The van der Waals surface area contributed by atoms with E-state index in [4.69, 9.17) is 10.5 Å². The van der Waals surface area contributed by atoms with Crippen LogP contribution in [0.5, 0.6) is 0 Å². The van der Waals surface area contributed by atoms with E-state index in [-0.39, 0.29) is 5.91 Å². The van der Waals surface area contributed by atoms with Gasteiger partial charge in [0.15, 0.2) is 0 Å². The number of nitrogens with two attached hydrogens (primary N) is 1. The standard InChI is InChI=1S/C14H21NO2/c1-9-7-11(5-6-13(9)17-2)12(8-14(15)16)10-3-4-10/h5-6,10-12H,3-4,7-8H2,1-2H3,(H2,15,16). The summed E-state index contributed by atoms with van der Waals surface area (Å²) in [5.74, 6) is 2.38. The molecule has 3 nitrogen and oxygen atoms in total. The van der Waals surface area contributed by atoms with Gasteiger partial charge in [0, 0.05) is 6.42 Å². The predicted molar refractivity (Wildman–Crippen MR) is 67.0 cm³/mol. The summed E-state index contributed by atoms with van der Waals surface area (Å²) in [5.41, 5.74) is 6.63. The average Bonchev–Trinajstić information content (AvgIpc) is 3.09. The maximum Gasteiger partial charge on any atom is 0.217 e. The van der Waals surface area contributed by atoms with Gasteiger partial charge < -0.3 is 10.5 Å². The van der Waals surface area contributed by atoms with E-state index in [1.54, 1.807) is 7.11 Å². The van der Waals surface area contributed by atoms with Gasteiger partial charge in [-0.1, -0.05) is 6.08 Å². The van der Waals surface area contributed by atoms with Crippen molar-refractivity contribution in [3.05, 3.63) is 23.5 Å². The van der Waals surface area contributed by atoms with Gasteiger partial charge >= 0.3 is 0 Å². The molecule has 0 aromatic heterocycles. The topological polar surface area (TPSA) is 52.3 Å². The summed E-state index contributed by atoms with van der Waals surface area (Å²) in [6, 6.07) is 0. The van der Waals surface area contributed by atoms with E-state index in [9.17, 15) is 4.79 Å². The Bertz CT molecular complexity index is 366. The normalized spacial score (nSPS) is 25.9. The second-order valence-electron chi connectivity index (χ2n) is 5.25. The predicted octanol–water partition coefficient (Wildman–Crippen LogP) is 2.38. The Morgan fingerprint density at radius 1 is 1.59 bits per heavy atom. The van der Waals surface area contributed by atoms with Gasteiger partial charge in [-0.2, -0.15) is 0 Å². The SMILES string of the molecule is COC1=C(C)CC(C(CC(N)=O)C2CC2)C=C1. The molecule has 2 aliphatic rings. The maximum absolute atomic E-state index is 11.1. The lowest BCUT2D eigenvalue weighted by atomic mass is 9.79. The highest BCUT2D eigenvalue weighted by Gasteiger charge is 2.37. The smallest absolute Gasteiger partial charge is 0.217 e. The van der Waals surface area contributed by atoms with Crippen molar-refractivity contribution < 1.29 is 9.53 Å². The minimum absolute atomic E-state index is 0.172. The van der Waals surface area contributed by atoms with E-state index in [2.05, 4.69) is 13.0 Å². The van der Waals surface area contributed by atoms with Crippen molar-refractivity contribution >= 4 is 5.91 Å². The number of ether oxygens (including phenoxy) is 1. The number of rotatable bonds is 5. The molecule has 17 heavy (non-hydrogen) atoms. The first-order valence-electron chi connectivity index (χ1n) is 6.32. The summed E-state index contributed by atoms with van der Waals surface area (Å²) in [5, 5.41) is 0. The van der Waals surface area contributed by atoms with Crippen LogP contribution < -0.4 is 5.73 Å². The third-order valence-electron chi connectivity index (χ3n) is 3.89. The number of hydrogen-bond acceptors (Lipinski definition) is 2. The minimum Gasteiger partial charge on any atom is -0.497 e. The minimum atomic E-state index is -0.172. The van der Waals surface area contributed by atoms with Crippen LogP contribution in [0.2, 0.25) is 0 Å². The van der Waals surface area contributed by atoms with Crippen LogP contribution in [0, 0.1) is 17.8 Å². The van der Waals surface area contributed by atoms with Crippen molar-refractivity contribution in [1.82, 2.24) is 0 Å². The summed E-state index contributed by atoms with van der Waals surface area (Å²) >= 11 is 0. The molecular weight excluding hydrogens is 214 g/mol. The first kappa shape index (κ1) is 12.2. The van der Waals surface area contributed by atoms with E-state index >= 15 is 0 Å². The molecule has 0 aromatic carbocycles. The van der Waals surface area contributed by atoms with Gasteiger partial charge in [0.2, 0.25) is 5.91 Å². The van der Waals surface area contributed by atoms with Gasteiger partial charge in [0.05, 0.1) is 7.11 Å². The van der Waals surface area contributed by atoms with Gasteiger partial charge in [0.25, 0.3) is 0 Å². The molecule has 1 saturated carbocycles. The van der Waals surface area contributed by atoms with Crippen LogP contribution in [0.15, 0.2) is 23.5 Å². The lowest BCUT2D eigenvalue weighted by Crippen LogP contribution is -2.24. The van der Waals surface area contributed by atoms with Crippen molar-refractivity contribution in [3.63, 3.8) is 0 Å². The monoisotopic (exact) mass is 235 g/mol. The Morgan fingerprint density at radius 2 is 2.29 bits per heavy atom. The van der Waals surface area contributed by atoms with Crippen molar-refractivity contribution in [3.8, 4) is 0 Å². The van der Waals surface area contributed by atoms with Crippen molar-refractivity contribution in [2.24, 2.45) is 23.5 Å². The van der Waals surface area contributed by atoms with Crippen LogP contribution in [0.3, 0.4) is 0 Å². The highest BCUT2D eigenvalue weighted by molar-refractivity contribution is 5.74. The summed E-state index contributed by atoms with van der Waals surface area (Å²) in [6.07, 6.45) is 8.26. The van der Waals surface area contributed by atoms with Gasteiger partial charge in [0.1, 0.15) is 5.76 Å². The second kappa shape index (κ2) is 4.94. The molecule has 2 atom stereocenters. The zero-order valence-corrected chi connectivity index (χ0v) is 10.6. The quantitative estimate of drug-likeness (QED) is 0.795. The molecule has 0 radical (unpaired) electrons. The molecule has 0 aliphatic heterocycles. The van der Waals surface area contributed by atoms with Crippen LogP contribution >= 0.6 is 0 Å². The lowest BCUT2D eigenvalue weighted by Gasteiger charge is -2.27. The molecule has 0 aromatic rings. The zero-order valence-electron chi connectivity index (χ0n) is 10.6. The molecular formula is C14H21NO2. The molecule has 0 saturated heterocycles. The third kappa shape index (κ3) is 2.90. The number of methoxy groups -OCH3 is 1. The summed E-state index contributed by atoms with van der Waals surface area (Å²) in [6.45, 7) is 2.10.